The quantitative estimate of drug-likeness (QED) is 0.634. The van der Waals surface area contributed by atoms with E-state index in [4.69, 9.17) is 4.74 Å². The summed E-state index contributed by atoms with van der Waals surface area (Å²) >= 11 is 0.734. The molecule has 0 aromatic rings. The molecular formula is C9H15N2O5S2. The first-order valence-electron chi connectivity index (χ1n) is 5.21. The molecule has 1 rings (SSSR count). The number of thioether (sulfide) groups is 1. The monoisotopic (exact) mass is 295 g/mol. The molecule has 0 saturated carbocycles. The molecule has 1 saturated heterocycles. The van der Waals surface area contributed by atoms with Crippen LogP contribution in [0.4, 0.5) is 0 Å². The number of hydrogen-bond donors (Lipinski definition) is 0. The summed E-state index contributed by atoms with van der Waals surface area (Å²) in [4.78, 5) is 23.0. The molecular weight excluding hydrogens is 280 g/mol. The van der Waals surface area contributed by atoms with Crippen LogP contribution in [-0.2, 0) is 24.5 Å². The summed E-state index contributed by atoms with van der Waals surface area (Å²) in [6, 6.07) is 0. The van der Waals surface area contributed by atoms with E-state index < -0.39 is 21.2 Å². The molecule has 0 atom stereocenters. The molecule has 18 heavy (non-hydrogen) atoms. The van der Waals surface area contributed by atoms with Crippen molar-refractivity contribution >= 4 is 33.0 Å². The molecule has 0 aromatic heterocycles. The van der Waals surface area contributed by atoms with Crippen LogP contribution in [0.25, 0.3) is 0 Å². The van der Waals surface area contributed by atoms with E-state index >= 15 is 0 Å². The number of methoxy groups -OCH3 is 1. The van der Waals surface area contributed by atoms with Gasteiger partial charge in [0.2, 0.25) is 0 Å². The number of ether oxygens (including phenoxy) is 1. The highest BCUT2D eigenvalue weighted by Crippen LogP contribution is 2.20. The van der Waals surface area contributed by atoms with Crippen molar-refractivity contribution in [3.8, 4) is 0 Å². The summed E-state index contributed by atoms with van der Waals surface area (Å²) in [7, 11) is -1.16. The minimum Gasteiger partial charge on any atom is -0.383 e. The lowest BCUT2D eigenvalue weighted by Gasteiger charge is -2.25. The fourth-order valence-corrected chi connectivity index (χ4v) is 3.20. The first kappa shape index (κ1) is 15.4. The van der Waals surface area contributed by atoms with Crippen molar-refractivity contribution < 1.29 is 22.7 Å². The third-order valence-electron chi connectivity index (χ3n) is 2.32. The van der Waals surface area contributed by atoms with Gasteiger partial charge in [0.1, 0.15) is 0 Å². The second-order valence-electron chi connectivity index (χ2n) is 3.56. The van der Waals surface area contributed by atoms with Crippen LogP contribution < -0.4 is 0 Å². The molecule has 1 aliphatic rings. The first-order valence-corrected chi connectivity index (χ1v) is 7.48. The third-order valence-corrected chi connectivity index (χ3v) is 4.99. The zero-order chi connectivity index (χ0) is 13.8. The smallest absolute Gasteiger partial charge is 0.315 e. The van der Waals surface area contributed by atoms with E-state index in [2.05, 4.69) is 0 Å². The van der Waals surface area contributed by atoms with Crippen molar-refractivity contribution in [2.75, 3.05) is 33.9 Å². The van der Waals surface area contributed by atoms with Gasteiger partial charge in [-0.3, -0.25) is 9.59 Å². The van der Waals surface area contributed by atoms with Crippen LogP contribution in [0.5, 0.6) is 0 Å². The summed E-state index contributed by atoms with van der Waals surface area (Å²) in [6.45, 7) is 0.317. The maximum Gasteiger partial charge on any atom is 0.315 e. The van der Waals surface area contributed by atoms with Crippen molar-refractivity contribution in [2.24, 2.45) is 0 Å². The van der Waals surface area contributed by atoms with E-state index in [0.29, 0.717) is 10.7 Å². The highest BCUT2D eigenvalue weighted by Gasteiger charge is 2.36. The predicted molar refractivity (Wildman–Crippen MR) is 66.7 cm³/mol. The number of amides is 1. The van der Waals surface area contributed by atoms with Crippen molar-refractivity contribution in [2.45, 2.75) is 6.42 Å². The van der Waals surface area contributed by atoms with Crippen LogP contribution in [0.3, 0.4) is 0 Å². The summed E-state index contributed by atoms with van der Waals surface area (Å²) in [5.41, 5.74) is 0. The average Bonchev–Trinajstić information content (AvgIpc) is 2.49. The summed E-state index contributed by atoms with van der Waals surface area (Å²) in [6.07, 6.45) is 0.347. The largest absolute Gasteiger partial charge is 0.383 e. The Labute approximate surface area is 111 Å². The van der Waals surface area contributed by atoms with E-state index in [9.17, 15) is 18.0 Å². The molecule has 0 N–H and O–H groups in total. The Kier molecular flexibility index (Phi) is 5.57. The summed E-state index contributed by atoms with van der Waals surface area (Å²) in [5.74, 6) is 0.531. The van der Waals surface area contributed by atoms with Gasteiger partial charge in [0, 0.05) is 33.0 Å². The van der Waals surface area contributed by atoms with Gasteiger partial charge in [-0.2, -0.15) is 12.7 Å². The molecule has 1 aliphatic heterocycles. The molecule has 1 fully saturated rings. The van der Waals surface area contributed by atoms with Gasteiger partial charge in [-0.05, 0) is 6.42 Å². The molecule has 9 heteroatoms. The molecule has 0 aliphatic carbocycles. The molecule has 103 valence electrons. The molecule has 1 radical (unpaired) electrons. The average molecular weight is 295 g/mol. The number of hydrogen-bond acceptors (Lipinski definition) is 6. The molecule has 1 heterocycles. The summed E-state index contributed by atoms with van der Waals surface area (Å²) < 4.78 is 30.6. The van der Waals surface area contributed by atoms with Gasteiger partial charge in [0.15, 0.2) is 0 Å². The number of carbonyl (C=O) groups excluding carboxylic acids is 2. The lowest BCUT2D eigenvalue weighted by Crippen LogP contribution is -2.47. The lowest BCUT2D eigenvalue weighted by atomic mass is 10.5. The lowest BCUT2D eigenvalue weighted by molar-refractivity contribution is -0.136. The van der Waals surface area contributed by atoms with E-state index in [1.807, 2.05) is 0 Å². The molecule has 0 unspecified atom stereocenters. The first-order chi connectivity index (χ1) is 8.41. The topological polar surface area (TPSA) is 84.0 Å². The van der Waals surface area contributed by atoms with Crippen LogP contribution >= 0.6 is 11.8 Å². The number of likely N-dealkylation sites (N-methyl/N-ethyl adjacent to an activating group) is 1. The van der Waals surface area contributed by atoms with Gasteiger partial charge in [-0.1, -0.05) is 11.8 Å². The van der Waals surface area contributed by atoms with Gasteiger partial charge in [-0.15, -0.1) is 0 Å². The van der Waals surface area contributed by atoms with Crippen LogP contribution in [0, 0.1) is 5.75 Å². The van der Waals surface area contributed by atoms with Crippen molar-refractivity contribution in [3.63, 3.8) is 0 Å². The van der Waals surface area contributed by atoms with Gasteiger partial charge in [-0.25, -0.2) is 4.31 Å². The Bertz CT molecular complexity index is 423. The molecule has 0 aromatic carbocycles. The van der Waals surface area contributed by atoms with Gasteiger partial charge in [0.25, 0.3) is 5.12 Å². The van der Waals surface area contributed by atoms with Gasteiger partial charge < -0.3 is 4.74 Å². The number of rotatable bonds is 5. The Morgan fingerprint density at radius 2 is 2.17 bits per heavy atom. The minimum atomic E-state index is -3.96. The zero-order valence-corrected chi connectivity index (χ0v) is 11.8. The van der Waals surface area contributed by atoms with E-state index in [0.717, 1.165) is 16.1 Å². The Hall–Kier alpha value is -0.640. The van der Waals surface area contributed by atoms with Crippen LogP contribution in [0.1, 0.15) is 6.42 Å². The van der Waals surface area contributed by atoms with Crippen molar-refractivity contribution in [1.29, 1.82) is 0 Å². The molecule has 7 nitrogen and oxygen atoms in total. The maximum absolute atomic E-state index is 12.1. The third kappa shape index (κ3) is 3.44. The molecule has 0 bridgehead atoms. The standard InChI is InChI=1S/C9H15N2O5S2/c1-10(5-6-16-2)18(14,15)11-4-3-7-17-9(13)8(11)12/h7H,3-6H2,1-2H3. The fraction of sp³-hybridized carbons (Fsp3) is 0.667. The molecule has 0 spiro atoms. The minimum absolute atomic E-state index is 0.0166. The van der Waals surface area contributed by atoms with Gasteiger partial charge in [0.05, 0.1) is 6.61 Å². The second kappa shape index (κ2) is 6.50. The fourth-order valence-electron chi connectivity index (χ4n) is 1.28. The Morgan fingerprint density at radius 3 is 2.78 bits per heavy atom. The number of nitrogens with zero attached hydrogens (tertiary/aromatic N) is 2. The normalized spacial score (nSPS) is 18.3. The molecule has 1 amide bonds. The SMILES string of the molecule is COCCN(C)S(=O)(=O)N1CC[CH]SC(=O)C1=O. The summed E-state index contributed by atoms with van der Waals surface area (Å²) in [5, 5.41) is -0.781. The number of carbonyl (C=O) groups is 2. The van der Waals surface area contributed by atoms with Crippen molar-refractivity contribution in [1.82, 2.24) is 8.61 Å². The predicted octanol–water partition coefficient (Wildman–Crippen LogP) is -0.537. The maximum atomic E-state index is 12.1. The van der Waals surface area contributed by atoms with E-state index in [-0.39, 0.29) is 19.7 Å². The Balaban J connectivity index is 2.88. The van der Waals surface area contributed by atoms with E-state index in [1.54, 1.807) is 0 Å². The van der Waals surface area contributed by atoms with E-state index in [1.165, 1.54) is 19.9 Å². The highest BCUT2D eigenvalue weighted by molar-refractivity contribution is 8.17. The van der Waals surface area contributed by atoms with Crippen LogP contribution in [0.15, 0.2) is 0 Å². The second-order valence-corrected chi connectivity index (χ2v) is 6.46. The highest BCUT2D eigenvalue weighted by atomic mass is 32.2. The van der Waals surface area contributed by atoms with Crippen molar-refractivity contribution in [3.05, 3.63) is 5.75 Å². The van der Waals surface area contributed by atoms with Gasteiger partial charge >= 0.3 is 16.1 Å². The van der Waals surface area contributed by atoms with Crippen LogP contribution in [0.2, 0.25) is 0 Å². The van der Waals surface area contributed by atoms with Crippen LogP contribution in [-0.4, -0.2) is 61.9 Å². The zero-order valence-electron chi connectivity index (χ0n) is 10.2. The Morgan fingerprint density at radius 1 is 1.50 bits per heavy atom.